The van der Waals surface area contributed by atoms with E-state index in [2.05, 4.69) is 5.32 Å². The molecule has 5 N–H and O–H groups in total. The van der Waals surface area contributed by atoms with Crippen LogP contribution in [0.2, 0.25) is 0 Å². The number of halogens is 1. The number of morpholine rings is 1. The van der Waals surface area contributed by atoms with E-state index in [0.29, 0.717) is 51.3 Å². The average Bonchev–Trinajstić information content (AvgIpc) is 2.83. The van der Waals surface area contributed by atoms with Gasteiger partial charge in [0.25, 0.3) is 5.91 Å². The molecule has 0 unspecified atom stereocenters. The summed E-state index contributed by atoms with van der Waals surface area (Å²) in [4.78, 5) is 38.6. The number of rotatable bonds is 12. The van der Waals surface area contributed by atoms with Crippen molar-refractivity contribution in [3.8, 4) is 0 Å². The molecule has 2 atom stereocenters. The number of benzene rings is 1. The normalized spacial score (nSPS) is 15.3. The van der Waals surface area contributed by atoms with Gasteiger partial charge in [0.05, 0.1) is 25.9 Å². The predicted molar refractivity (Wildman–Crippen MR) is 136 cm³/mol. The number of unbranched alkanes of at least 4 members (excludes halogenated alkanes) is 1. The van der Waals surface area contributed by atoms with Gasteiger partial charge in [0.15, 0.2) is 0 Å². The Morgan fingerprint density at radius 1 is 1.18 bits per heavy atom. The summed E-state index contributed by atoms with van der Waals surface area (Å²) in [6.45, 7) is 4.86. The maximum Gasteiger partial charge on any atom is 0.330 e. The van der Waals surface area contributed by atoms with Gasteiger partial charge in [0.1, 0.15) is 0 Å². The van der Waals surface area contributed by atoms with Crippen molar-refractivity contribution in [2.75, 3.05) is 39.5 Å². The van der Waals surface area contributed by atoms with Crippen molar-refractivity contribution < 1.29 is 23.9 Å². The number of carbonyl (C=O) groups is 3. The molecule has 34 heavy (non-hydrogen) atoms. The number of hydrogen-bond donors (Lipinski definition) is 3. The standard InChI is InChI=1S/C24H36N4O5.BrH/c1-2-33-22(29)11-10-20(5-3-4-12-25)27-23(30)21(26)17-18-6-8-19(9-7-18)24(31)28-13-15-32-16-14-28;/h6-11,20-21H,2-5,12-17,25-26H2,1H3,(H,27,30);1H/b11-10+;/t20-,21-;/m0./s1. The third kappa shape index (κ3) is 10.3. The highest BCUT2D eigenvalue weighted by Crippen LogP contribution is 2.11. The fourth-order valence-electron chi connectivity index (χ4n) is 3.48. The van der Waals surface area contributed by atoms with Gasteiger partial charge in [0, 0.05) is 30.8 Å². The summed E-state index contributed by atoms with van der Waals surface area (Å²) in [5.41, 5.74) is 13.1. The van der Waals surface area contributed by atoms with Crippen LogP contribution in [0.25, 0.3) is 0 Å². The van der Waals surface area contributed by atoms with Gasteiger partial charge in [-0.25, -0.2) is 4.79 Å². The fourth-order valence-corrected chi connectivity index (χ4v) is 3.48. The molecule has 0 bridgehead atoms. The van der Waals surface area contributed by atoms with Crippen LogP contribution >= 0.6 is 17.0 Å². The van der Waals surface area contributed by atoms with Crippen LogP contribution in [0.5, 0.6) is 0 Å². The molecule has 1 aromatic carbocycles. The molecule has 1 aliphatic rings. The third-order valence-electron chi connectivity index (χ3n) is 5.34. The second kappa shape index (κ2) is 16.4. The first-order valence-electron chi connectivity index (χ1n) is 11.5. The Hall–Kier alpha value is -2.27. The minimum Gasteiger partial charge on any atom is -0.463 e. The van der Waals surface area contributed by atoms with Crippen LogP contribution < -0.4 is 16.8 Å². The topological polar surface area (TPSA) is 137 Å². The van der Waals surface area contributed by atoms with Crippen molar-refractivity contribution in [2.24, 2.45) is 11.5 Å². The van der Waals surface area contributed by atoms with Crippen LogP contribution in [0.15, 0.2) is 36.4 Å². The summed E-state index contributed by atoms with van der Waals surface area (Å²) >= 11 is 0. The van der Waals surface area contributed by atoms with Crippen LogP contribution in [0.1, 0.15) is 42.1 Å². The maximum atomic E-state index is 12.7. The molecule has 0 aromatic heterocycles. The van der Waals surface area contributed by atoms with Crippen LogP contribution in [-0.2, 0) is 25.5 Å². The van der Waals surface area contributed by atoms with E-state index in [1.54, 1.807) is 30.0 Å². The number of amides is 2. The number of nitrogens with two attached hydrogens (primary N) is 2. The van der Waals surface area contributed by atoms with E-state index in [9.17, 15) is 14.4 Å². The highest BCUT2D eigenvalue weighted by Gasteiger charge is 2.20. The van der Waals surface area contributed by atoms with E-state index in [0.717, 1.165) is 18.4 Å². The smallest absolute Gasteiger partial charge is 0.330 e. The summed E-state index contributed by atoms with van der Waals surface area (Å²) in [5, 5.41) is 2.89. The van der Waals surface area contributed by atoms with Crippen LogP contribution in [0.3, 0.4) is 0 Å². The van der Waals surface area contributed by atoms with Crippen LogP contribution in [-0.4, -0.2) is 74.2 Å². The monoisotopic (exact) mass is 540 g/mol. The number of esters is 1. The van der Waals surface area contributed by atoms with Gasteiger partial charge in [0.2, 0.25) is 5.91 Å². The number of ether oxygens (including phenoxy) is 2. The second-order valence-corrected chi connectivity index (χ2v) is 7.92. The van der Waals surface area contributed by atoms with Gasteiger partial charge in [-0.3, -0.25) is 9.59 Å². The van der Waals surface area contributed by atoms with E-state index in [1.807, 2.05) is 12.1 Å². The fraction of sp³-hybridized carbons (Fsp3) is 0.542. The van der Waals surface area contributed by atoms with E-state index in [-0.39, 0.29) is 41.4 Å². The molecule has 2 amide bonds. The Kier molecular flexibility index (Phi) is 14.3. The lowest BCUT2D eigenvalue weighted by molar-refractivity contribution is -0.137. The van der Waals surface area contributed by atoms with Gasteiger partial charge < -0.3 is 31.2 Å². The van der Waals surface area contributed by atoms with Crippen LogP contribution in [0, 0.1) is 0 Å². The Balaban J connectivity index is 0.00000578. The molecule has 0 aliphatic carbocycles. The predicted octanol–water partition coefficient (Wildman–Crippen LogP) is 1.34. The minimum absolute atomic E-state index is 0. The highest BCUT2D eigenvalue weighted by atomic mass is 79.9. The molecule has 10 heteroatoms. The number of nitrogens with zero attached hydrogens (tertiary/aromatic N) is 1. The molecule has 0 radical (unpaired) electrons. The zero-order valence-electron chi connectivity index (χ0n) is 19.7. The first kappa shape index (κ1) is 29.8. The number of carbonyl (C=O) groups excluding carboxylic acids is 3. The average molecular weight is 541 g/mol. The quantitative estimate of drug-likeness (QED) is 0.206. The molecule has 1 aliphatic heterocycles. The lowest BCUT2D eigenvalue weighted by Gasteiger charge is -2.26. The largest absolute Gasteiger partial charge is 0.463 e. The van der Waals surface area contributed by atoms with Crippen molar-refractivity contribution in [1.29, 1.82) is 0 Å². The lowest BCUT2D eigenvalue weighted by atomic mass is 10.0. The van der Waals surface area contributed by atoms with Crippen molar-refractivity contribution in [1.82, 2.24) is 10.2 Å². The van der Waals surface area contributed by atoms with E-state index in [4.69, 9.17) is 20.9 Å². The van der Waals surface area contributed by atoms with Gasteiger partial charge in [-0.2, -0.15) is 0 Å². The van der Waals surface area contributed by atoms with Gasteiger partial charge in [-0.15, -0.1) is 17.0 Å². The Bertz CT molecular complexity index is 797. The molecule has 0 saturated carbocycles. The Labute approximate surface area is 212 Å². The highest BCUT2D eigenvalue weighted by molar-refractivity contribution is 8.93. The molecule has 9 nitrogen and oxygen atoms in total. The van der Waals surface area contributed by atoms with Gasteiger partial charge in [-0.1, -0.05) is 18.2 Å². The van der Waals surface area contributed by atoms with Gasteiger partial charge >= 0.3 is 5.97 Å². The molecule has 1 heterocycles. The molecule has 190 valence electrons. The van der Waals surface area contributed by atoms with Gasteiger partial charge in [-0.05, 0) is 56.8 Å². The Morgan fingerprint density at radius 3 is 2.47 bits per heavy atom. The lowest BCUT2D eigenvalue weighted by Crippen LogP contribution is -2.46. The zero-order valence-corrected chi connectivity index (χ0v) is 21.5. The van der Waals surface area contributed by atoms with Crippen molar-refractivity contribution in [3.63, 3.8) is 0 Å². The molecule has 0 spiro atoms. The molecule has 1 aromatic rings. The second-order valence-electron chi connectivity index (χ2n) is 7.92. The maximum absolute atomic E-state index is 12.7. The molecular weight excluding hydrogens is 504 g/mol. The Morgan fingerprint density at radius 2 is 1.85 bits per heavy atom. The van der Waals surface area contributed by atoms with E-state index >= 15 is 0 Å². The van der Waals surface area contributed by atoms with E-state index in [1.165, 1.54) is 6.08 Å². The number of nitrogens with one attached hydrogen (secondary N) is 1. The summed E-state index contributed by atoms with van der Waals surface area (Å²) in [7, 11) is 0. The summed E-state index contributed by atoms with van der Waals surface area (Å²) in [6, 6.07) is 6.05. The van der Waals surface area contributed by atoms with E-state index < -0.39 is 12.0 Å². The number of hydrogen-bond acceptors (Lipinski definition) is 7. The van der Waals surface area contributed by atoms with Crippen molar-refractivity contribution in [3.05, 3.63) is 47.5 Å². The molecule has 1 fully saturated rings. The van der Waals surface area contributed by atoms with Crippen molar-refractivity contribution >= 4 is 34.8 Å². The summed E-state index contributed by atoms with van der Waals surface area (Å²) in [5.74, 6) is -0.790. The van der Waals surface area contributed by atoms with Crippen molar-refractivity contribution in [2.45, 2.75) is 44.7 Å². The summed E-state index contributed by atoms with van der Waals surface area (Å²) in [6.07, 6.45) is 5.56. The zero-order chi connectivity index (χ0) is 24.1. The first-order chi connectivity index (χ1) is 15.9. The minimum atomic E-state index is -0.765. The SMILES string of the molecule is Br.CCOC(=O)/C=C/[C@H](CCCCN)NC(=O)[C@@H](N)Cc1ccc(C(=O)N2CCOCC2)cc1. The molecular formula is C24H37BrN4O5. The molecule has 1 saturated heterocycles. The first-order valence-corrected chi connectivity index (χ1v) is 11.5. The summed E-state index contributed by atoms with van der Waals surface area (Å²) < 4.78 is 10.2. The molecule has 2 rings (SSSR count). The van der Waals surface area contributed by atoms with Crippen LogP contribution in [0.4, 0.5) is 0 Å². The third-order valence-corrected chi connectivity index (χ3v) is 5.34.